The van der Waals surface area contributed by atoms with Gasteiger partial charge in [0.1, 0.15) is 11.8 Å². The lowest BCUT2D eigenvalue weighted by Crippen LogP contribution is -2.51. The van der Waals surface area contributed by atoms with Gasteiger partial charge in [-0.1, -0.05) is 30.3 Å². The second-order valence-corrected chi connectivity index (χ2v) is 7.60. The number of primary amides is 1. The van der Waals surface area contributed by atoms with Gasteiger partial charge in [-0.25, -0.2) is 0 Å². The summed E-state index contributed by atoms with van der Waals surface area (Å²) in [6.45, 7) is 8.42. The molecule has 0 spiro atoms. The monoisotopic (exact) mass is 424 g/mol. The van der Waals surface area contributed by atoms with Crippen LogP contribution in [0.1, 0.15) is 35.8 Å². The molecule has 1 saturated heterocycles. The summed E-state index contributed by atoms with van der Waals surface area (Å²) in [5.74, 6) is 0.298. The van der Waals surface area contributed by atoms with E-state index in [4.69, 9.17) is 10.5 Å². The van der Waals surface area contributed by atoms with Crippen LogP contribution in [0.2, 0.25) is 0 Å². The van der Waals surface area contributed by atoms with Gasteiger partial charge in [0, 0.05) is 44.8 Å². The Morgan fingerprint density at radius 2 is 1.68 bits per heavy atom. The van der Waals surface area contributed by atoms with Crippen molar-refractivity contribution in [1.82, 2.24) is 9.80 Å². The van der Waals surface area contributed by atoms with E-state index in [9.17, 15) is 9.59 Å². The fourth-order valence-corrected chi connectivity index (χ4v) is 4.17. The number of hydrogen-bond donors (Lipinski definition) is 1. The van der Waals surface area contributed by atoms with Crippen molar-refractivity contribution < 1.29 is 14.3 Å². The maximum atomic E-state index is 13.4. The van der Waals surface area contributed by atoms with E-state index in [2.05, 4.69) is 9.80 Å². The highest BCUT2D eigenvalue weighted by molar-refractivity contribution is 5.94. The first-order chi connectivity index (χ1) is 15.0. The fraction of sp³-hybridized carbons (Fsp3) is 0.417. The number of carbonyl (C=O) groups excluding carboxylic acids is 2. The Bertz CT molecular complexity index is 891. The minimum atomic E-state index is -0.477. The van der Waals surface area contributed by atoms with Crippen LogP contribution in [0.3, 0.4) is 0 Å². The first-order valence-electron chi connectivity index (χ1n) is 10.8. The molecule has 0 radical (unpaired) electrons. The first kappa shape index (κ1) is 22.6. The zero-order chi connectivity index (χ0) is 22.4. The Balaban J connectivity index is 1.80. The predicted octanol–water partition coefficient (Wildman–Crippen LogP) is 2.53. The van der Waals surface area contributed by atoms with E-state index in [0.29, 0.717) is 24.4 Å². The highest BCUT2D eigenvalue weighted by Gasteiger charge is 2.33. The SMILES string of the molecule is CCN(CC)C(=O)C(c1ccccc1)N1CCN(c2ccc(C(N)=O)cc2OC)CC1. The molecule has 3 rings (SSSR count). The second kappa shape index (κ2) is 10.3. The van der Waals surface area contributed by atoms with Crippen molar-refractivity contribution in [2.24, 2.45) is 5.73 Å². The highest BCUT2D eigenvalue weighted by Crippen LogP contribution is 2.32. The minimum absolute atomic E-state index is 0.146. The molecular formula is C24H32N4O3. The van der Waals surface area contributed by atoms with Crippen molar-refractivity contribution in [2.45, 2.75) is 19.9 Å². The van der Waals surface area contributed by atoms with Crippen molar-refractivity contribution in [1.29, 1.82) is 0 Å². The van der Waals surface area contributed by atoms with Crippen molar-refractivity contribution in [3.63, 3.8) is 0 Å². The summed E-state index contributed by atoms with van der Waals surface area (Å²) >= 11 is 0. The number of likely N-dealkylation sites (N-methyl/N-ethyl adjacent to an activating group) is 1. The van der Waals surface area contributed by atoms with Crippen LogP contribution in [0.4, 0.5) is 5.69 Å². The molecule has 1 aliphatic heterocycles. The van der Waals surface area contributed by atoms with Gasteiger partial charge in [0.05, 0.1) is 12.8 Å². The minimum Gasteiger partial charge on any atom is -0.495 e. The number of rotatable bonds is 8. The average Bonchev–Trinajstić information content (AvgIpc) is 2.81. The van der Waals surface area contributed by atoms with Gasteiger partial charge in [-0.05, 0) is 37.6 Å². The van der Waals surface area contributed by atoms with Crippen molar-refractivity contribution in [2.75, 3.05) is 51.3 Å². The molecule has 2 N–H and O–H groups in total. The van der Waals surface area contributed by atoms with Gasteiger partial charge in [-0.3, -0.25) is 14.5 Å². The summed E-state index contributed by atoms with van der Waals surface area (Å²) in [4.78, 5) is 31.2. The van der Waals surface area contributed by atoms with E-state index in [0.717, 1.165) is 37.4 Å². The number of anilines is 1. The zero-order valence-electron chi connectivity index (χ0n) is 18.6. The summed E-state index contributed by atoms with van der Waals surface area (Å²) in [6, 6.07) is 15.0. The van der Waals surface area contributed by atoms with Gasteiger partial charge in [-0.15, -0.1) is 0 Å². The maximum Gasteiger partial charge on any atom is 0.248 e. The third-order valence-corrected chi connectivity index (χ3v) is 5.91. The van der Waals surface area contributed by atoms with Crippen LogP contribution < -0.4 is 15.4 Å². The molecule has 2 aromatic rings. The molecule has 166 valence electrons. The normalized spacial score (nSPS) is 15.4. The fourth-order valence-electron chi connectivity index (χ4n) is 4.17. The lowest BCUT2D eigenvalue weighted by atomic mass is 10.0. The summed E-state index contributed by atoms with van der Waals surface area (Å²) in [5, 5.41) is 0. The van der Waals surface area contributed by atoms with E-state index in [-0.39, 0.29) is 11.9 Å². The number of benzene rings is 2. The molecule has 0 aliphatic carbocycles. The van der Waals surface area contributed by atoms with Crippen LogP contribution in [-0.2, 0) is 4.79 Å². The van der Waals surface area contributed by atoms with E-state index in [1.807, 2.05) is 55.1 Å². The van der Waals surface area contributed by atoms with Crippen molar-refractivity contribution in [3.8, 4) is 5.75 Å². The molecule has 31 heavy (non-hydrogen) atoms. The van der Waals surface area contributed by atoms with E-state index in [1.165, 1.54) is 0 Å². The van der Waals surface area contributed by atoms with Crippen LogP contribution in [0, 0.1) is 0 Å². The standard InChI is InChI=1S/C24H32N4O3/c1-4-26(5-2)24(30)22(18-9-7-6-8-10-18)28-15-13-27(14-16-28)20-12-11-19(23(25)29)17-21(20)31-3/h6-12,17,22H,4-5,13-16H2,1-3H3,(H2,25,29). The molecule has 1 atom stereocenters. The molecule has 2 amide bonds. The van der Waals surface area contributed by atoms with Crippen LogP contribution in [0.5, 0.6) is 5.75 Å². The molecule has 0 saturated carbocycles. The van der Waals surface area contributed by atoms with Gasteiger partial charge in [0.15, 0.2) is 0 Å². The molecule has 1 aliphatic rings. The van der Waals surface area contributed by atoms with Gasteiger partial charge < -0.3 is 20.3 Å². The van der Waals surface area contributed by atoms with Crippen molar-refractivity contribution >= 4 is 17.5 Å². The summed E-state index contributed by atoms with van der Waals surface area (Å²) in [6.07, 6.45) is 0. The lowest BCUT2D eigenvalue weighted by molar-refractivity contribution is -0.137. The molecule has 7 nitrogen and oxygen atoms in total. The third-order valence-electron chi connectivity index (χ3n) is 5.91. The molecule has 7 heteroatoms. The Morgan fingerprint density at radius 1 is 1.03 bits per heavy atom. The Morgan fingerprint density at radius 3 is 2.23 bits per heavy atom. The summed E-state index contributed by atoms with van der Waals surface area (Å²) in [7, 11) is 1.59. The molecule has 0 bridgehead atoms. The number of nitrogens with two attached hydrogens (primary N) is 1. The summed E-state index contributed by atoms with van der Waals surface area (Å²) in [5.41, 5.74) is 7.78. The third kappa shape index (κ3) is 4.99. The molecule has 2 aromatic carbocycles. The number of piperazine rings is 1. The molecule has 0 aromatic heterocycles. The zero-order valence-corrected chi connectivity index (χ0v) is 18.6. The molecular weight excluding hydrogens is 392 g/mol. The Labute approximate surface area is 184 Å². The van der Waals surface area contributed by atoms with Gasteiger partial charge >= 0.3 is 0 Å². The number of amides is 2. The molecule has 1 unspecified atom stereocenters. The topological polar surface area (TPSA) is 79.1 Å². The predicted molar refractivity (Wildman–Crippen MR) is 122 cm³/mol. The van der Waals surface area contributed by atoms with E-state index < -0.39 is 5.91 Å². The number of carbonyl (C=O) groups is 2. The van der Waals surface area contributed by atoms with E-state index >= 15 is 0 Å². The average molecular weight is 425 g/mol. The van der Waals surface area contributed by atoms with Crippen molar-refractivity contribution in [3.05, 3.63) is 59.7 Å². The van der Waals surface area contributed by atoms with Crippen LogP contribution >= 0.6 is 0 Å². The largest absolute Gasteiger partial charge is 0.495 e. The number of hydrogen-bond acceptors (Lipinski definition) is 5. The molecule has 1 heterocycles. The number of ether oxygens (including phenoxy) is 1. The maximum absolute atomic E-state index is 13.4. The van der Waals surface area contributed by atoms with Gasteiger partial charge in [0.25, 0.3) is 0 Å². The van der Waals surface area contributed by atoms with Crippen LogP contribution in [0.25, 0.3) is 0 Å². The van der Waals surface area contributed by atoms with Gasteiger partial charge in [0.2, 0.25) is 11.8 Å². The number of nitrogens with zero attached hydrogens (tertiary/aromatic N) is 3. The number of methoxy groups -OCH3 is 1. The first-order valence-corrected chi connectivity index (χ1v) is 10.8. The van der Waals surface area contributed by atoms with E-state index in [1.54, 1.807) is 19.2 Å². The summed E-state index contributed by atoms with van der Waals surface area (Å²) < 4.78 is 5.51. The van der Waals surface area contributed by atoms with Crippen LogP contribution in [-0.4, -0.2) is 68.0 Å². The second-order valence-electron chi connectivity index (χ2n) is 7.60. The quantitative estimate of drug-likeness (QED) is 0.705. The molecule has 1 fully saturated rings. The lowest BCUT2D eigenvalue weighted by Gasteiger charge is -2.41. The van der Waals surface area contributed by atoms with Gasteiger partial charge in [-0.2, -0.15) is 0 Å². The smallest absolute Gasteiger partial charge is 0.248 e. The Hall–Kier alpha value is -3.06. The van der Waals surface area contributed by atoms with Crippen LogP contribution in [0.15, 0.2) is 48.5 Å². The highest BCUT2D eigenvalue weighted by atomic mass is 16.5. The Kier molecular flexibility index (Phi) is 7.52.